The second-order valence-corrected chi connectivity index (χ2v) is 7.32. The highest BCUT2D eigenvalue weighted by Gasteiger charge is 2.62. The molecule has 3 rings (SSSR count). The summed E-state index contributed by atoms with van der Waals surface area (Å²) in [6.45, 7) is 9.28. The Bertz CT molecular complexity index is 306. The van der Waals surface area contributed by atoms with Crippen molar-refractivity contribution >= 4 is 0 Å². The van der Waals surface area contributed by atoms with Gasteiger partial charge in [0, 0.05) is 0 Å². The molecule has 0 aromatic heterocycles. The van der Waals surface area contributed by atoms with Crippen molar-refractivity contribution in [1.82, 2.24) is 0 Å². The lowest BCUT2D eigenvalue weighted by molar-refractivity contribution is -0.477. The number of hydrogen-bond donors (Lipinski definition) is 0. The van der Waals surface area contributed by atoms with Crippen molar-refractivity contribution in [2.75, 3.05) is 19.8 Å². The third-order valence-corrected chi connectivity index (χ3v) is 5.17. The van der Waals surface area contributed by atoms with Crippen LogP contribution in [0.2, 0.25) is 0 Å². The maximum absolute atomic E-state index is 6.16. The standard InChI is InChI=1S/C15H26O3/c1-13(2,3)12-10-14-6-4-8-16-15(14,18-11-12)17-9-5-7-14/h12H,4-11H2,1-3H3. The summed E-state index contributed by atoms with van der Waals surface area (Å²) in [6.07, 6.45) is 5.87. The van der Waals surface area contributed by atoms with Gasteiger partial charge in [-0.1, -0.05) is 20.8 Å². The van der Waals surface area contributed by atoms with E-state index in [0.717, 1.165) is 32.7 Å². The molecule has 0 spiro atoms. The monoisotopic (exact) mass is 254 g/mol. The van der Waals surface area contributed by atoms with E-state index in [1.807, 2.05) is 0 Å². The molecule has 3 aliphatic rings. The van der Waals surface area contributed by atoms with Crippen LogP contribution in [-0.2, 0) is 14.2 Å². The molecule has 3 saturated heterocycles. The number of hydrogen-bond acceptors (Lipinski definition) is 3. The summed E-state index contributed by atoms with van der Waals surface area (Å²) in [4.78, 5) is 0. The summed E-state index contributed by atoms with van der Waals surface area (Å²) in [6, 6.07) is 0. The van der Waals surface area contributed by atoms with Crippen molar-refractivity contribution in [2.45, 2.75) is 58.8 Å². The first-order chi connectivity index (χ1) is 8.48. The summed E-state index contributed by atoms with van der Waals surface area (Å²) in [5.41, 5.74) is 0.412. The molecule has 0 N–H and O–H groups in total. The van der Waals surface area contributed by atoms with E-state index >= 15 is 0 Å². The molecule has 3 nitrogen and oxygen atoms in total. The molecule has 18 heavy (non-hydrogen) atoms. The normalized spacial score (nSPS) is 45.2. The zero-order chi connectivity index (χ0) is 12.9. The van der Waals surface area contributed by atoms with Crippen molar-refractivity contribution in [3.05, 3.63) is 0 Å². The van der Waals surface area contributed by atoms with Crippen LogP contribution in [0.25, 0.3) is 0 Å². The summed E-state index contributed by atoms with van der Waals surface area (Å²) >= 11 is 0. The van der Waals surface area contributed by atoms with Crippen LogP contribution in [0.5, 0.6) is 0 Å². The molecular weight excluding hydrogens is 228 g/mol. The van der Waals surface area contributed by atoms with Gasteiger partial charge in [0.15, 0.2) is 0 Å². The molecule has 3 heterocycles. The van der Waals surface area contributed by atoms with Crippen LogP contribution in [0.3, 0.4) is 0 Å². The minimum Gasteiger partial charge on any atom is -0.327 e. The summed E-state index contributed by atoms with van der Waals surface area (Å²) < 4.78 is 18.1. The van der Waals surface area contributed by atoms with Crippen LogP contribution in [0, 0.1) is 16.7 Å². The minimum absolute atomic E-state index is 0.111. The fraction of sp³-hybridized carbons (Fsp3) is 1.00. The lowest BCUT2D eigenvalue weighted by Crippen LogP contribution is -2.64. The molecular formula is C15H26O3. The van der Waals surface area contributed by atoms with Gasteiger partial charge in [0.2, 0.25) is 0 Å². The molecule has 1 atom stereocenters. The van der Waals surface area contributed by atoms with Crippen molar-refractivity contribution in [2.24, 2.45) is 16.7 Å². The molecule has 3 heteroatoms. The fourth-order valence-corrected chi connectivity index (χ4v) is 3.88. The van der Waals surface area contributed by atoms with E-state index in [9.17, 15) is 0 Å². The van der Waals surface area contributed by atoms with Crippen LogP contribution < -0.4 is 0 Å². The SMILES string of the molecule is CC(C)(C)C1COC23OCCCC2(CCCO3)C1. The quantitative estimate of drug-likeness (QED) is 0.663. The highest BCUT2D eigenvalue weighted by Crippen LogP contribution is 2.58. The molecule has 0 amide bonds. The van der Waals surface area contributed by atoms with E-state index in [-0.39, 0.29) is 5.41 Å². The molecule has 0 aliphatic carbocycles. The van der Waals surface area contributed by atoms with Crippen molar-refractivity contribution in [3.63, 3.8) is 0 Å². The maximum Gasteiger partial charge on any atom is 0.288 e. The second-order valence-electron chi connectivity index (χ2n) is 7.32. The minimum atomic E-state index is -0.703. The highest BCUT2D eigenvalue weighted by molar-refractivity contribution is 4.99. The van der Waals surface area contributed by atoms with E-state index in [0.29, 0.717) is 11.3 Å². The van der Waals surface area contributed by atoms with E-state index in [4.69, 9.17) is 14.2 Å². The Labute approximate surface area is 110 Å². The van der Waals surface area contributed by atoms with Gasteiger partial charge in [0.1, 0.15) is 0 Å². The first kappa shape index (κ1) is 12.9. The fourth-order valence-electron chi connectivity index (χ4n) is 3.88. The van der Waals surface area contributed by atoms with Crippen LogP contribution in [0.1, 0.15) is 52.9 Å². The molecule has 0 aromatic rings. The van der Waals surface area contributed by atoms with Gasteiger partial charge in [0.05, 0.1) is 25.2 Å². The predicted molar refractivity (Wildman–Crippen MR) is 69.1 cm³/mol. The maximum atomic E-state index is 6.16. The van der Waals surface area contributed by atoms with Crippen molar-refractivity contribution < 1.29 is 14.2 Å². The zero-order valence-electron chi connectivity index (χ0n) is 12.0. The third kappa shape index (κ3) is 1.83. The topological polar surface area (TPSA) is 27.7 Å². The van der Waals surface area contributed by atoms with E-state index in [1.165, 1.54) is 19.3 Å². The Balaban J connectivity index is 1.89. The van der Waals surface area contributed by atoms with Gasteiger partial charge < -0.3 is 14.2 Å². The number of rotatable bonds is 0. The summed E-state index contributed by atoms with van der Waals surface area (Å²) in [5, 5.41) is 0. The van der Waals surface area contributed by atoms with E-state index < -0.39 is 5.97 Å². The molecule has 0 bridgehead atoms. The van der Waals surface area contributed by atoms with Crippen LogP contribution in [-0.4, -0.2) is 25.8 Å². The largest absolute Gasteiger partial charge is 0.327 e. The van der Waals surface area contributed by atoms with Crippen molar-refractivity contribution in [3.8, 4) is 0 Å². The van der Waals surface area contributed by atoms with Crippen LogP contribution in [0.4, 0.5) is 0 Å². The first-order valence-electron chi connectivity index (χ1n) is 7.39. The van der Waals surface area contributed by atoms with Gasteiger partial charge >= 0.3 is 0 Å². The number of ether oxygens (including phenoxy) is 3. The first-order valence-corrected chi connectivity index (χ1v) is 7.39. The molecule has 0 aromatic carbocycles. The third-order valence-electron chi connectivity index (χ3n) is 5.17. The molecule has 3 aliphatic heterocycles. The van der Waals surface area contributed by atoms with Gasteiger partial charge in [-0.15, -0.1) is 0 Å². The van der Waals surface area contributed by atoms with Crippen LogP contribution >= 0.6 is 0 Å². The van der Waals surface area contributed by atoms with Gasteiger partial charge in [-0.2, -0.15) is 0 Å². The predicted octanol–water partition coefficient (Wildman–Crippen LogP) is 3.33. The van der Waals surface area contributed by atoms with E-state index in [2.05, 4.69) is 20.8 Å². The average Bonchev–Trinajstić information content (AvgIpc) is 2.35. The Morgan fingerprint density at radius 2 is 1.56 bits per heavy atom. The average molecular weight is 254 g/mol. The Morgan fingerprint density at radius 3 is 2.11 bits per heavy atom. The Morgan fingerprint density at radius 1 is 0.944 bits per heavy atom. The zero-order valence-corrected chi connectivity index (χ0v) is 12.0. The molecule has 3 fully saturated rings. The summed E-state index contributed by atoms with van der Waals surface area (Å²) in [5.74, 6) is -0.0975. The van der Waals surface area contributed by atoms with E-state index in [1.54, 1.807) is 0 Å². The van der Waals surface area contributed by atoms with Gasteiger partial charge in [0.25, 0.3) is 5.97 Å². The molecule has 0 radical (unpaired) electrons. The lowest BCUT2D eigenvalue weighted by Gasteiger charge is -2.59. The van der Waals surface area contributed by atoms with Gasteiger partial charge in [-0.25, -0.2) is 0 Å². The second kappa shape index (κ2) is 4.19. The molecule has 0 saturated carbocycles. The van der Waals surface area contributed by atoms with Crippen molar-refractivity contribution in [1.29, 1.82) is 0 Å². The van der Waals surface area contributed by atoms with Crippen LogP contribution in [0.15, 0.2) is 0 Å². The molecule has 104 valence electrons. The van der Waals surface area contributed by atoms with Gasteiger partial charge in [-0.3, -0.25) is 0 Å². The Kier molecular flexibility index (Phi) is 3.00. The smallest absolute Gasteiger partial charge is 0.288 e. The molecule has 1 unspecified atom stereocenters. The van der Waals surface area contributed by atoms with Gasteiger partial charge in [-0.05, 0) is 43.4 Å². The summed E-state index contributed by atoms with van der Waals surface area (Å²) in [7, 11) is 0. The highest BCUT2D eigenvalue weighted by atomic mass is 16.9. The lowest BCUT2D eigenvalue weighted by atomic mass is 9.62. The Hall–Kier alpha value is -0.120.